The van der Waals surface area contributed by atoms with Gasteiger partial charge in [-0.2, -0.15) is 0 Å². The number of benzene rings is 1. The van der Waals surface area contributed by atoms with E-state index in [-0.39, 0.29) is 6.04 Å². The lowest BCUT2D eigenvalue weighted by Crippen LogP contribution is -2.08. The molecule has 0 bridgehead atoms. The van der Waals surface area contributed by atoms with E-state index in [4.69, 9.17) is 23.2 Å². The van der Waals surface area contributed by atoms with Gasteiger partial charge in [-0.3, -0.25) is 0 Å². The fourth-order valence-electron chi connectivity index (χ4n) is 2.45. The van der Waals surface area contributed by atoms with Crippen LogP contribution < -0.4 is 0 Å². The van der Waals surface area contributed by atoms with E-state index in [9.17, 15) is 0 Å². The smallest absolute Gasteiger partial charge is 0.125 e. The van der Waals surface area contributed by atoms with Crippen LogP contribution >= 0.6 is 34.5 Å². The van der Waals surface area contributed by atoms with Crippen molar-refractivity contribution in [3.8, 4) is 0 Å². The molecule has 0 saturated heterocycles. The van der Waals surface area contributed by atoms with E-state index < -0.39 is 0 Å². The molecule has 2 aromatic heterocycles. The Labute approximate surface area is 132 Å². The predicted octanol–water partition coefficient (Wildman–Crippen LogP) is 5.41. The SMILES string of the molecule is Cc1ccc(C(C)n2c(CCl)nc3cc(Cl)ccc32)s1. The second-order valence-electron chi connectivity index (χ2n) is 4.79. The van der Waals surface area contributed by atoms with Crippen molar-refractivity contribution in [2.75, 3.05) is 0 Å². The zero-order valence-electron chi connectivity index (χ0n) is 11.2. The van der Waals surface area contributed by atoms with Crippen LogP contribution in [0.1, 0.15) is 28.5 Å². The Morgan fingerprint density at radius 1 is 1.30 bits per heavy atom. The number of fused-ring (bicyclic) bond motifs is 1. The third-order valence-electron chi connectivity index (χ3n) is 3.40. The summed E-state index contributed by atoms with van der Waals surface area (Å²) < 4.78 is 2.20. The molecule has 3 aromatic rings. The van der Waals surface area contributed by atoms with Gasteiger partial charge in [-0.05, 0) is 44.2 Å². The van der Waals surface area contributed by atoms with Crippen molar-refractivity contribution in [3.63, 3.8) is 0 Å². The van der Waals surface area contributed by atoms with Crippen molar-refractivity contribution in [2.45, 2.75) is 25.8 Å². The van der Waals surface area contributed by atoms with Crippen LogP contribution in [0.3, 0.4) is 0 Å². The molecule has 2 heterocycles. The van der Waals surface area contributed by atoms with Gasteiger partial charge in [-0.25, -0.2) is 4.98 Å². The molecular formula is C15H14Cl2N2S. The molecular weight excluding hydrogens is 311 g/mol. The van der Waals surface area contributed by atoms with Crippen molar-refractivity contribution in [1.29, 1.82) is 0 Å². The van der Waals surface area contributed by atoms with E-state index >= 15 is 0 Å². The molecule has 0 N–H and O–H groups in total. The lowest BCUT2D eigenvalue weighted by molar-refractivity contribution is 0.644. The van der Waals surface area contributed by atoms with E-state index in [0.29, 0.717) is 10.9 Å². The number of nitrogens with zero attached hydrogens (tertiary/aromatic N) is 2. The average molecular weight is 325 g/mol. The summed E-state index contributed by atoms with van der Waals surface area (Å²) in [5, 5.41) is 0.697. The van der Waals surface area contributed by atoms with Gasteiger partial charge in [0.1, 0.15) is 5.82 Å². The largest absolute Gasteiger partial charge is 0.319 e. The van der Waals surface area contributed by atoms with Crippen LogP contribution in [0, 0.1) is 6.92 Å². The maximum absolute atomic E-state index is 6.07. The Morgan fingerprint density at radius 3 is 2.75 bits per heavy atom. The van der Waals surface area contributed by atoms with E-state index in [1.165, 1.54) is 9.75 Å². The van der Waals surface area contributed by atoms with E-state index in [0.717, 1.165) is 16.9 Å². The molecule has 0 aliphatic heterocycles. The summed E-state index contributed by atoms with van der Waals surface area (Å²) in [5.41, 5.74) is 1.97. The summed E-state index contributed by atoms with van der Waals surface area (Å²) in [4.78, 5) is 7.22. The van der Waals surface area contributed by atoms with Gasteiger partial charge >= 0.3 is 0 Å². The highest BCUT2D eigenvalue weighted by Crippen LogP contribution is 2.31. The van der Waals surface area contributed by atoms with Gasteiger partial charge in [0.05, 0.1) is 23.0 Å². The molecule has 3 rings (SSSR count). The average Bonchev–Trinajstić information content (AvgIpc) is 3.00. The zero-order valence-corrected chi connectivity index (χ0v) is 13.6. The van der Waals surface area contributed by atoms with E-state index in [1.807, 2.05) is 29.5 Å². The van der Waals surface area contributed by atoms with E-state index in [1.54, 1.807) is 0 Å². The van der Waals surface area contributed by atoms with Crippen molar-refractivity contribution in [1.82, 2.24) is 9.55 Å². The highest BCUT2D eigenvalue weighted by Gasteiger charge is 2.18. The monoisotopic (exact) mass is 324 g/mol. The predicted molar refractivity (Wildman–Crippen MR) is 87.2 cm³/mol. The summed E-state index contributed by atoms with van der Waals surface area (Å²) in [5.74, 6) is 1.27. The Kier molecular flexibility index (Phi) is 3.76. The number of alkyl halides is 1. The van der Waals surface area contributed by atoms with Crippen molar-refractivity contribution in [3.05, 3.63) is 50.9 Å². The Balaban J connectivity index is 2.18. The fourth-order valence-corrected chi connectivity index (χ4v) is 3.73. The molecule has 2 nitrogen and oxygen atoms in total. The van der Waals surface area contributed by atoms with Crippen LogP contribution in [-0.2, 0) is 5.88 Å². The van der Waals surface area contributed by atoms with Gasteiger partial charge in [-0.15, -0.1) is 22.9 Å². The van der Waals surface area contributed by atoms with Crippen LogP contribution in [-0.4, -0.2) is 9.55 Å². The molecule has 0 spiro atoms. The summed E-state index contributed by atoms with van der Waals surface area (Å²) >= 11 is 13.9. The molecule has 1 atom stereocenters. The molecule has 1 unspecified atom stereocenters. The highest BCUT2D eigenvalue weighted by atomic mass is 35.5. The number of aromatic nitrogens is 2. The normalized spacial score (nSPS) is 13.0. The third-order valence-corrected chi connectivity index (χ3v) is 5.05. The molecule has 0 fully saturated rings. The van der Waals surface area contributed by atoms with Gasteiger partial charge in [0.25, 0.3) is 0 Å². The second-order valence-corrected chi connectivity index (χ2v) is 6.81. The van der Waals surface area contributed by atoms with Gasteiger partial charge in [-0.1, -0.05) is 11.6 Å². The van der Waals surface area contributed by atoms with Gasteiger partial charge in [0.2, 0.25) is 0 Å². The maximum Gasteiger partial charge on any atom is 0.125 e. The van der Waals surface area contributed by atoms with Crippen LogP contribution in [0.5, 0.6) is 0 Å². The highest BCUT2D eigenvalue weighted by molar-refractivity contribution is 7.12. The molecule has 0 aliphatic carbocycles. The minimum absolute atomic E-state index is 0.216. The minimum atomic E-state index is 0.216. The number of hydrogen-bond acceptors (Lipinski definition) is 2. The number of imidazole rings is 1. The van der Waals surface area contributed by atoms with Crippen LogP contribution in [0.15, 0.2) is 30.3 Å². The Bertz CT molecular complexity index is 760. The van der Waals surface area contributed by atoms with Gasteiger partial charge < -0.3 is 4.57 Å². The quantitative estimate of drug-likeness (QED) is 0.589. The first-order valence-corrected chi connectivity index (χ1v) is 8.11. The topological polar surface area (TPSA) is 17.8 Å². The first-order chi connectivity index (χ1) is 9.60. The Morgan fingerprint density at radius 2 is 2.10 bits per heavy atom. The lowest BCUT2D eigenvalue weighted by Gasteiger charge is -2.15. The minimum Gasteiger partial charge on any atom is -0.319 e. The number of thiophene rings is 1. The number of halogens is 2. The summed E-state index contributed by atoms with van der Waals surface area (Å²) in [7, 11) is 0. The Hall–Kier alpha value is -1.03. The van der Waals surface area contributed by atoms with Crippen LogP contribution in [0.25, 0.3) is 11.0 Å². The van der Waals surface area contributed by atoms with Crippen LogP contribution in [0.4, 0.5) is 0 Å². The molecule has 5 heteroatoms. The molecule has 0 amide bonds. The van der Waals surface area contributed by atoms with Gasteiger partial charge in [0.15, 0.2) is 0 Å². The summed E-state index contributed by atoms with van der Waals surface area (Å²) in [6, 6.07) is 10.3. The zero-order chi connectivity index (χ0) is 14.3. The van der Waals surface area contributed by atoms with Gasteiger partial charge in [0, 0.05) is 14.8 Å². The summed E-state index contributed by atoms with van der Waals surface area (Å²) in [6.45, 7) is 4.30. The molecule has 1 aromatic carbocycles. The van der Waals surface area contributed by atoms with Crippen molar-refractivity contribution in [2.24, 2.45) is 0 Å². The third kappa shape index (κ3) is 2.34. The molecule has 20 heavy (non-hydrogen) atoms. The van der Waals surface area contributed by atoms with Crippen LogP contribution in [0.2, 0.25) is 5.02 Å². The number of hydrogen-bond donors (Lipinski definition) is 0. The fraction of sp³-hybridized carbons (Fsp3) is 0.267. The molecule has 104 valence electrons. The number of aryl methyl sites for hydroxylation is 1. The first-order valence-electron chi connectivity index (χ1n) is 6.39. The molecule has 0 saturated carbocycles. The summed E-state index contributed by atoms with van der Waals surface area (Å²) in [6.07, 6.45) is 0. The second kappa shape index (κ2) is 5.40. The standard InChI is InChI=1S/C15H14Cl2N2S/c1-9-3-6-14(20-9)10(2)19-13-5-4-11(17)7-12(13)18-15(19)8-16/h3-7,10H,8H2,1-2H3. The maximum atomic E-state index is 6.07. The molecule has 0 radical (unpaired) electrons. The first kappa shape index (κ1) is 13.9. The number of rotatable bonds is 3. The lowest BCUT2D eigenvalue weighted by atomic mass is 10.2. The van der Waals surface area contributed by atoms with Crippen molar-refractivity contribution >= 4 is 45.6 Å². The molecule has 0 aliphatic rings. The van der Waals surface area contributed by atoms with E-state index in [2.05, 4.69) is 35.5 Å². The van der Waals surface area contributed by atoms with Crippen molar-refractivity contribution < 1.29 is 0 Å².